The van der Waals surface area contributed by atoms with Gasteiger partial charge in [0.1, 0.15) is 10.9 Å². The van der Waals surface area contributed by atoms with Gasteiger partial charge in [-0.1, -0.05) is 41.6 Å². The number of rotatable bonds is 8. The highest BCUT2D eigenvalue weighted by Gasteiger charge is 2.44. The molecule has 11 heteroatoms. The Morgan fingerprint density at radius 1 is 1.09 bits per heavy atom. The predicted molar refractivity (Wildman–Crippen MR) is 125 cm³/mol. The fourth-order valence-electron chi connectivity index (χ4n) is 3.77. The molecule has 178 valence electrons. The fraction of sp³-hybridized carbons (Fsp3) is 0.304. The van der Waals surface area contributed by atoms with Crippen LogP contribution < -0.4 is 5.48 Å². The molecular formula is C23H25N5O5S. The van der Waals surface area contributed by atoms with Crippen LogP contribution in [0.15, 0.2) is 66.1 Å². The lowest BCUT2D eigenvalue weighted by Gasteiger charge is -2.25. The first-order valence-corrected chi connectivity index (χ1v) is 12.5. The molecule has 2 aromatic carbocycles. The molecule has 0 saturated carbocycles. The quantitative estimate of drug-likeness (QED) is 0.371. The number of hydroxylamine groups is 1. The Morgan fingerprint density at radius 2 is 1.65 bits per heavy atom. The van der Waals surface area contributed by atoms with Gasteiger partial charge in [-0.3, -0.25) is 10.0 Å². The lowest BCUT2D eigenvalue weighted by molar-refractivity contribution is -0.131. The molecule has 2 N–H and O–H groups in total. The van der Waals surface area contributed by atoms with E-state index in [1.807, 2.05) is 48.5 Å². The van der Waals surface area contributed by atoms with Gasteiger partial charge in [-0.15, -0.1) is 0 Å². The maximum atomic E-state index is 12.1. The monoisotopic (exact) mass is 483 g/mol. The number of hydrogen-bond acceptors (Lipinski definition) is 8. The van der Waals surface area contributed by atoms with E-state index in [1.54, 1.807) is 17.2 Å². The van der Waals surface area contributed by atoms with Crippen LogP contribution in [0.5, 0.6) is 0 Å². The Balaban J connectivity index is 1.38. The molecule has 1 aromatic heterocycles. The molecule has 2 atom stereocenters. The Bertz CT molecular complexity index is 1290. The third kappa shape index (κ3) is 4.70. The van der Waals surface area contributed by atoms with Gasteiger partial charge < -0.3 is 4.84 Å². The number of carbonyl (C=O) groups excluding carboxylic acids is 1. The summed E-state index contributed by atoms with van der Waals surface area (Å²) >= 11 is 0. The molecule has 10 nitrogen and oxygen atoms in total. The fourth-order valence-corrected chi connectivity index (χ4v) is 4.64. The van der Waals surface area contributed by atoms with Crippen LogP contribution in [0, 0.1) is 0 Å². The smallest absolute Gasteiger partial charge is 0.264 e. The second kappa shape index (κ2) is 9.35. The van der Waals surface area contributed by atoms with E-state index in [0.717, 1.165) is 34.3 Å². The number of sulfone groups is 1. The summed E-state index contributed by atoms with van der Waals surface area (Å²) in [7, 11) is -3.75. The number of benzene rings is 2. The van der Waals surface area contributed by atoms with Gasteiger partial charge in [0.15, 0.2) is 9.84 Å². The Kier molecular flexibility index (Phi) is 6.49. The zero-order chi connectivity index (χ0) is 24.3. The van der Waals surface area contributed by atoms with Crippen molar-refractivity contribution in [3.05, 3.63) is 66.5 Å². The number of aromatic nitrogens is 3. The van der Waals surface area contributed by atoms with Crippen LogP contribution >= 0.6 is 0 Å². The van der Waals surface area contributed by atoms with E-state index in [4.69, 9.17) is 10.0 Å². The van der Waals surface area contributed by atoms with Crippen LogP contribution in [0.25, 0.3) is 16.8 Å². The Labute approximate surface area is 197 Å². The molecule has 0 bridgehead atoms. The molecular weight excluding hydrogens is 458 g/mol. The summed E-state index contributed by atoms with van der Waals surface area (Å²) < 4.78 is 22.5. The minimum atomic E-state index is -3.75. The summed E-state index contributed by atoms with van der Waals surface area (Å²) in [5, 5.41) is 21.4. The zero-order valence-electron chi connectivity index (χ0n) is 18.7. The van der Waals surface area contributed by atoms with Crippen molar-refractivity contribution < 1.29 is 23.3 Å². The number of oxime groups is 1. The second-order valence-electron chi connectivity index (χ2n) is 8.39. The maximum absolute atomic E-state index is 12.1. The van der Waals surface area contributed by atoms with Crippen LogP contribution in [0.3, 0.4) is 0 Å². The van der Waals surface area contributed by atoms with Crippen LogP contribution in [-0.4, -0.2) is 57.3 Å². The summed E-state index contributed by atoms with van der Waals surface area (Å²) in [4.78, 5) is 19.0. The SMILES string of the molecule is C[C@@](CC[C@H]1CC(c2ccc(-c3ccc(-n4nccn4)cc3)cc2)=NO1)(C(=O)NO)S(C)(=O)=O. The van der Waals surface area contributed by atoms with Crippen molar-refractivity contribution in [3.63, 3.8) is 0 Å². The van der Waals surface area contributed by atoms with E-state index in [1.165, 1.54) is 12.4 Å². The Morgan fingerprint density at radius 3 is 2.21 bits per heavy atom. The molecule has 1 amide bonds. The summed E-state index contributed by atoms with van der Waals surface area (Å²) in [5.41, 5.74) is 6.08. The lowest BCUT2D eigenvalue weighted by atomic mass is 9.96. The third-order valence-corrected chi connectivity index (χ3v) is 8.17. The molecule has 0 fully saturated rings. The first-order valence-electron chi connectivity index (χ1n) is 10.7. The highest BCUT2D eigenvalue weighted by Crippen LogP contribution is 2.29. The van der Waals surface area contributed by atoms with Crippen molar-refractivity contribution in [1.29, 1.82) is 0 Å². The number of hydrogen-bond donors (Lipinski definition) is 2. The van der Waals surface area contributed by atoms with E-state index in [2.05, 4.69) is 15.4 Å². The van der Waals surface area contributed by atoms with Crippen LogP contribution in [0.2, 0.25) is 0 Å². The first kappa shape index (κ1) is 23.6. The summed E-state index contributed by atoms with van der Waals surface area (Å²) in [6.45, 7) is 1.29. The molecule has 1 aliphatic rings. The number of nitrogens with zero attached hydrogens (tertiary/aromatic N) is 4. The second-order valence-corrected chi connectivity index (χ2v) is 10.8. The summed E-state index contributed by atoms with van der Waals surface area (Å²) in [6.07, 6.45) is 4.65. The van der Waals surface area contributed by atoms with Gasteiger partial charge in [-0.05, 0) is 48.6 Å². The molecule has 4 rings (SSSR count). The number of carbonyl (C=O) groups is 1. The average molecular weight is 484 g/mol. The van der Waals surface area contributed by atoms with E-state index < -0.39 is 20.5 Å². The molecule has 0 aliphatic carbocycles. The van der Waals surface area contributed by atoms with Crippen LogP contribution in [-0.2, 0) is 19.5 Å². The molecule has 0 radical (unpaired) electrons. The average Bonchev–Trinajstić information content (AvgIpc) is 3.54. The van der Waals surface area contributed by atoms with Gasteiger partial charge in [0.2, 0.25) is 0 Å². The first-order chi connectivity index (χ1) is 16.2. The maximum Gasteiger partial charge on any atom is 0.264 e. The molecule has 0 saturated heterocycles. The minimum Gasteiger partial charge on any atom is -0.392 e. The highest BCUT2D eigenvalue weighted by atomic mass is 32.2. The standard InChI is InChI=1S/C23H25N5O5S/c1-23(22(29)26-30,34(2,31)32)12-11-20-15-21(27-33-20)18-5-3-16(4-6-18)17-7-9-19(10-8-17)28-24-13-14-25-28/h3-10,13-14,20,30H,11-12,15H2,1-2H3,(H,26,29)/t20-,23+/m0/s1. The Hall–Kier alpha value is -3.57. The number of nitrogens with one attached hydrogen (secondary N) is 1. The third-order valence-electron chi connectivity index (χ3n) is 6.15. The molecule has 1 aliphatic heterocycles. The van der Waals surface area contributed by atoms with Crippen molar-refractivity contribution in [2.45, 2.75) is 37.0 Å². The van der Waals surface area contributed by atoms with Crippen LogP contribution in [0.1, 0.15) is 31.7 Å². The van der Waals surface area contributed by atoms with E-state index in [9.17, 15) is 13.2 Å². The van der Waals surface area contributed by atoms with Gasteiger partial charge in [0.25, 0.3) is 5.91 Å². The predicted octanol–water partition coefficient (Wildman–Crippen LogP) is 2.52. The van der Waals surface area contributed by atoms with Gasteiger partial charge >= 0.3 is 0 Å². The zero-order valence-corrected chi connectivity index (χ0v) is 19.6. The molecule has 0 unspecified atom stereocenters. The normalized spacial score (nSPS) is 17.5. The van der Waals surface area contributed by atoms with E-state index in [0.29, 0.717) is 12.8 Å². The lowest BCUT2D eigenvalue weighted by Crippen LogP contribution is -2.49. The molecule has 0 spiro atoms. The van der Waals surface area contributed by atoms with Crippen molar-refractivity contribution in [1.82, 2.24) is 20.5 Å². The van der Waals surface area contributed by atoms with Gasteiger partial charge in [0, 0.05) is 12.7 Å². The van der Waals surface area contributed by atoms with Crippen LogP contribution in [0.4, 0.5) is 0 Å². The topological polar surface area (TPSA) is 136 Å². The van der Waals surface area contributed by atoms with Gasteiger partial charge in [-0.25, -0.2) is 13.9 Å². The molecule has 3 aromatic rings. The highest BCUT2D eigenvalue weighted by molar-refractivity contribution is 7.92. The summed E-state index contributed by atoms with van der Waals surface area (Å²) in [5.74, 6) is -0.960. The van der Waals surface area contributed by atoms with Crippen molar-refractivity contribution in [3.8, 4) is 16.8 Å². The van der Waals surface area contributed by atoms with Gasteiger partial charge in [-0.2, -0.15) is 15.0 Å². The largest absolute Gasteiger partial charge is 0.392 e. The van der Waals surface area contributed by atoms with Crippen molar-refractivity contribution in [2.24, 2.45) is 5.16 Å². The van der Waals surface area contributed by atoms with E-state index >= 15 is 0 Å². The van der Waals surface area contributed by atoms with Gasteiger partial charge in [0.05, 0.1) is 23.8 Å². The van der Waals surface area contributed by atoms with Crippen molar-refractivity contribution in [2.75, 3.05) is 6.26 Å². The van der Waals surface area contributed by atoms with E-state index in [-0.39, 0.29) is 12.5 Å². The van der Waals surface area contributed by atoms with Crippen molar-refractivity contribution >= 4 is 21.5 Å². The molecule has 34 heavy (non-hydrogen) atoms. The minimum absolute atomic E-state index is 0.00528. The molecule has 2 heterocycles. The number of amides is 1. The summed E-state index contributed by atoms with van der Waals surface area (Å²) in [6, 6.07) is 15.8.